The number of likely N-dealkylation sites (tertiary alicyclic amines) is 1. The van der Waals surface area contributed by atoms with Gasteiger partial charge in [0.1, 0.15) is 0 Å². The Kier molecular flexibility index (Phi) is 5.64. The Hall–Kier alpha value is -0.610. The van der Waals surface area contributed by atoms with Gasteiger partial charge in [-0.3, -0.25) is 4.90 Å². The van der Waals surface area contributed by atoms with Crippen molar-refractivity contribution >= 4 is 11.6 Å². The number of piperidine rings is 1. The molecule has 1 saturated heterocycles. The molecule has 2 N–H and O–H groups in total. The predicted molar refractivity (Wildman–Crippen MR) is 77.3 cm³/mol. The van der Waals surface area contributed by atoms with Gasteiger partial charge >= 0.3 is 0 Å². The van der Waals surface area contributed by atoms with Crippen molar-refractivity contribution in [2.24, 2.45) is 0 Å². The van der Waals surface area contributed by atoms with Crippen LogP contribution in [0.1, 0.15) is 37.4 Å². The van der Waals surface area contributed by atoms with Crippen LogP contribution in [0, 0.1) is 0 Å². The average molecular weight is 284 g/mol. The number of hydrogen-bond donors (Lipinski definition) is 2. The van der Waals surface area contributed by atoms with Crippen molar-refractivity contribution in [1.29, 1.82) is 0 Å². The topological polar surface area (TPSA) is 43.7 Å². The first-order valence-electron chi connectivity index (χ1n) is 6.99. The maximum absolute atomic E-state index is 10.2. The molecule has 1 aromatic rings. The Labute approximate surface area is 119 Å². The van der Waals surface area contributed by atoms with E-state index < -0.39 is 6.10 Å². The first kappa shape index (κ1) is 14.8. The summed E-state index contributed by atoms with van der Waals surface area (Å²) in [5, 5.41) is 20.2. The number of halogens is 1. The highest BCUT2D eigenvalue weighted by atomic mass is 35.5. The molecule has 2 atom stereocenters. The Morgan fingerprint density at radius 3 is 2.68 bits per heavy atom. The third-order valence-corrected chi connectivity index (χ3v) is 4.16. The maximum atomic E-state index is 10.2. The van der Waals surface area contributed by atoms with E-state index in [0.29, 0.717) is 11.4 Å². The standard InChI is InChI=1S/C15H22ClNO2/c16-13-6-4-12(5-7-13)15(19)8-10-17-9-2-1-3-14(17)11-18/h4-7,14-15,18-19H,1-3,8-11H2. The van der Waals surface area contributed by atoms with E-state index in [1.807, 2.05) is 12.1 Å². The first-order valence-corrected chi connectivity index (χ1v) is 7.37. The summed E-state index contributed by atoms with van der Waals surface area (Å²) in [7, 11) is 0. The van der Waals surface area contributed by atoms with E-state index in [2.05, 4.69) is 4.90 Å². The van der Waals surface area contributed by atoms with Gasteiger partial charge in [-0.2, -0.15) is 0 Å². The lowest BCUT2D eigenvalue weighted by Crippen LogP contribution is -2.42. The Morgan fingerprint density at radius 1 is 1.26 bits per heavy atom. The summed E-state index contributed by atoms with van der Waals surface area (Å²) in [4.78, 5) is 2.29. The lowest BCUT2D eigenvalue weighted by atomic mass is 10.0. The largest absolute Gasteiger partial charge is 0.395 e. The Morgan fingerprint density at radius 2 is 2.00 bits per heavy atom. The summed E-state index contributed by atoms with van der Waals surface area (Å²) in [6.07, 6.45) is 3.68. The molecule has 1 heterocycles. The van der Waals surface area contributed by atoms with Crippen molar-refractivity contribution in [3.05, 3.63) is 34.9 Å². The number of aliphatic hydroxyl groups is 2. The smallest absolute Gasteiger partial charge is 0.0802 e. The number of aliphatic hydroxyl groups excluding tert-OH is 2. The van der Waals surface area contributed by atoms with Gasteiger partial charge in [-0.15, -0.1) is 0 Å². The van der Waals surface area contributed by atoms with Gasteiger partial charge in [-0.1, -0.05) is 30.2 Å². The summed E-state index contributed by atoms with van der Waals surface area (Å²) < 4.78 is 0. The fraction of sp³-hybridized carbons (Fsp3) is 0.600. The van der Waals surface area contributed by atoms with Gasteiger partial charge in [-0.25, -0.2) is 0 Å². The predicted octanol–water partition coefficient (Wildman–Crippen LogP) is 2.61. The zero-order chi connectivity index (χ0) is 13.7. The Bertz CT molecular complexity index is 382. The van der Waals surface area contributed by atoms with Gasteiger partial charge in [0.25, 0.3) is 0 Å². The minimum atomic E-state index is -0.460. The van der Waals surface area contributed by atoms with E-state index in [9.17, 15) is 10.2 Å². The molecule has 0 saturated carbocycles. The number of hydrogen-bond acceptors (Lipinski definition) is 3. The SMILES string of the molecule is OCC1CCCCN1CCC(O)c1ccc(Cl)cc1. The molecule has 1 aromatic carbocycles. The Balaban J connectivity index is 1.85. The second-order valence-electron chi connectivity index (χ2n) is 5.22. The molecule has 1 aliphatic heterocycles. The van der Waals surface area contributed by atoms with E-state index in [1.165, 1.54) is 12.8 Å². The lowest BCUT2D eigenvalue weighted by molar-refractivity contribution is 0.0697. The van der Waals surface area contributed by atoms with Crippen LogP contribution in [-0.2, 0) is 0 Å². The van der Waals surface area contributed by atoms with E-state index in [1.54, 1.807) is 12.1 Å². The highest BCUT2D eigenvalue weighted by Crippen LogP contribution is 2.22. The van der Waals surface area contributed by atoms with Crippen molar-refractivity contribution in [2.45, 2.75) is 37.8 Å². The fourth-order valence-corrected chi connectivity index (χ4v) is 2.83. The zero-order valence-corrected chi connectivity index (χ0v) is 11.9. The highest BCUT2D eigenvalue weighted by Gasteiger charge is 2.22. The molecule has 1 fully saturated rings. The van der Waals surface area contributed by atoms with Gasteiger partial charge in [0, 0.05) is 17.6 Å². The van der Waals surface area contributed by atoms with Gasteiger partial charge in [-0.05, 0) is 43.5 Å². The van der Waals surface area contributed by atoms with E-state index in [-0.39, 0.29) is 12.6 Å². The van der Waals surface area contributed by atoms with Crippen LogP contribution in [0.2, 0.25) is 5.02 Å². The molecule has 106 valence electrons. The summed E-state index contributed by atoms with van der Waals surface area (Å²) in [6.45, 7) is 2.07. The van der Waals surface area contributed by atoms with Crippen LogP contribution in [-0.4, -0.2) is 40.9 Å². The molecule has 0 bridgehead atoms. The van der Waals surface area contributed by atoms with Crippen LogP contribution in [0.4, 0.5) is 0 Å². The summed E-state index contributed by atoms with van der Waals surface area (Å²) in [6, 6.07) is 7.61. The summed E-state index contributed by atoms with van der Waals surface area (Å²) in [5.74, 6) is 0. The van der Waals surface area contributed by atoms with Crippen LogP contribution in [0.25, 0.3) is 0 Å². The van der Waals surface area contributed by atoms with Crippen molar-refractivity contribution in [2.75, 3.05) is 19.7 Å². The molecule has 0 amide bonds. The van der Waals surface area contributed by atoms with Gasteiger partial charge in [0.2, 0.25) is 0 Å². The van der Waals surface area contributed by atoms with E-state index in [0.717, 1.165) is 25.1 Å². The molecule has 4 heteroatoms. The minimum absolute atomic E-state index is 0.219. The molecule has 19 heavy (non-hydrogen) atoms. The number of nitrogens with zero attached hydrogens (tertiary/aromatic N) is 1. The molecule has 3 nitrogen and oxygen atoms in total. The van der Waals surface area contributed by atoms with Crippen LogP contribution in [0.15, 0.2) is 24.3 Å². The summed E-state index contributed by atoms with van der Waals surface area (Å²) in [5.41, 5.74) is 0.905. The zero-order valence-electron chi connectivity index (χ0n) is 11.1. The van der Waals surface area contributed by atoms with Crippen molar-refractivity contribution in [3.8, 4) is 0 Å². The molecule has 1 aliphatic rings. The first-order chi connectivity index (χ1) is 9.20. The molecule has 2 unspecified atom stereocenters. The van der Waals surface area contributed by atoms with Gasteiger partial charge in [0.15, 0.2) is 0 Å². The van der Waals surface area contributed by atoms with E-state index >= 15 is 0 Å². The van der Waals surface area contributed by atoms with Crippen LogP contribution < -0.4 is 0 Å². The fourth-order valence-electron chi connectivity index (χ4n) is 2.70. The molecule has 0 radical (unpaired) electrons. The van der Waals surface area contributed by atoms with Gasteiger partial charge < -0.3 is 10.2 Å². The highest BCUT2D eigenvalue weighted by molar-refractivity contribution is 6.30. The normalized spacial score (nSPS) is 22.4. The summed E-state index contributed by atoms with van der Waals surface area (Å²) >= 11 is 5.84. The quantitative estimate of drug-likeness (QED) is 0.873. The molecular formula is C15H22ClNO2. The third-order valence-electron chi connectivity index (χ3n) is 3.90. The van der Waals surface area contributed by atoms with Gasteiger partial charge in [0.05, 0.1) is 12.7 Å². The monoisotopic (exact) mass is 283 g/mol. The lowest BCUT2D eigenvalue weighted by Gasteiger charge is -2.35. The minimum Gasteiger partial charge on any atom is -0.395 e. The number of benzene rings is 1. The third kappa shape index (κ3) is 4.18. The van der Waals surface area contributed by atoms with Crippen molar-refractivity contribution in [1.82, 2.24) is 4.90 Å². The molecule has 0 spiro atoms. The molecule has 0 aromatic heterocycles. The van der Waals surface area contributed by atoms with Crippen molar-refractivity contribution < 1.29 is 10.2 Å². The molecular weight excluding hydrogens is 262 g/mol. The van der Waals surface area contributed by atoms with Crippen LogP contribution >= 0.6 is 11.6 Å². The van der Waals surface area contributed by atoms with Crippen LogP contribution in [0.3, 0.4) is 0 Å². The van der Waals surface area contributed by atoms with E-state index in [4.69, 9.17) is 11.6 Å². The molecule has 0 aliphatic carbocycles. The van der Waals surface area contributed by atoms with Crippen molar-refractivity contribution in [3.63, 3.8) is 0 Å². The second kappa shape index (κ2) is 7.25. The average Bonchev–Trinajstić information content (AvgIpc) is 2.45. The number of rotatable bonds is 5. The second-order valence-corrected chi connectivity index (χ2v) is 5.66. The molecule has 2 rings (SSSR count). The maximum Gasteiger partial charge on any atom is 0.0802 e. The van der Waals surface area contributed by atoms with Crippen LogP contribution in [0.5, 0.6) is 0 Å².